The van der Waals surface area contributed by atoms with Crippen molar-refractivity contribution in [3.63, 3.8) is 0 Å². The van der Waals surface area contributed by atoms with E-state index in [2.05, 4.69) is 10.0 Å². The van der Waals surface area contributed by atoms with E-state index in [0.29, 0.717) is 6.54 Å². The third-order valence-corrected chi connectivity index (χ3v) is 2.49. The molecule has 1 aliphatic heterocycles. The summed E-state index contributed by atoms with van der Waals surface area (Å²) in [6.07, 6.45) is 1.59. The lowest BCUT2D eigenvalue weighted by Gasteiger charge is -2.31. The third kappa shape index (κ3) is 2.17. The van der Waals surface area contributed by atoms with Gasteiger partial charge in [-0.25, -0.2) is 0 Å². The summed E-state index contributed by atoms with van der Waals surface area (Å²) in [7, 11) is 1.36. The molecule has 0 aromatic heterocycles. The van der Waals surface area contributed by atoms with Crippen LogP contribution in [-0.2, 0) is 9.53 Å². The van der Waals surface area contributed by atoms with Gasteiger partial charge in [0, 0.05) is 6.04 Å². The number of ether oxygens (including phenoxy) is 1. The van der Waals surface area contributed by atoms with Crippen LogP contribution < -0.4 is 0 Å². The lowest BCUT2D eigenvalue weighted by Crippen LogP contribution is -2.40. The minimum absolute atomic E-state index is 0.137. The highest BCUT2D eigenvalue weighted by Crippen LogP contribution is 2.22. The molecule has 5 heteroatoms. The molecule has 0 spiro atoms. The number of carbonyl (C=O) groups is 1. The van der Waals surface area contributed by atoms with Crippen LogP contribution in [-0.4, -0.2) is 30.7 Å². The monoisotopic (exact) mass is 186 g/mol. The molecular formula is C8H14N2O3. The summed E-state index contributed by atoms with van der Waals surface area (Å²) in [4.78, 5) is 21.5. The molecule has 0 aromatic rings. The number of piperidine rings is 1. The number of nitroso groups, excluding NO2 is 1. The maximum Gasteiger partial charge on any atom is 0.310 e. The Hall–Kier alpha value is -1.13. The first-order valence-corrected chi connectivity index (χ1v) is 4.36. The molecule has 0 aliphatic carbocycles. The van der Waals surface area contributed by atoms with E-state index in [1.165, 1.54) is 12.1 Å². The smallest absolute Gasteiger partial charge is 0.310 e. The molecule has 0 N–H and O–H groups in total. The van der Waals surface area contributed by atoms with Gasteiger partial charge < -0.3 is 4.74 Å². The quantitative estimate of drug-likeness (QED) is 0.475. The summed E-state index contributed by atoms with van der Waals surface area (Å²) < 4.78 is 4.61. The maximum absolute atomic E-state index is 11.1. The first-order chi connectivity index (χ1) is 6.19. The van der Waals surface area contributed by atoms with Gasteiger partial charge in [-0.3, -0.25) is 9.80 Å². The largest absolute Gasteiger partial charge is 0.469 e. The average molecular weight is 186 g/mol. The molecule has 1 fully saturated rings. The Kier molecular flexibility index (Phi) is 3.22. The van der Waals surface area contributed by atoms with E-state index in [1.807, 2.05) is 6.92 Å². The second kappa shape index (κ2) is 4.20. The first-order valence-electron chi connectivity index (χ1n) is 4.36. The Labute approximate surface area is 77.0 Å². The molecule has 0 amide bonds. The molecule has 0 radical (unpaired) electrons. The molecule has 0 saturated carbocycles. The fraction of sp³-hybridized carbons (Fsp3) is 0.875. The normalized spacial score (nSPS) is 28.3. The van der Waals surface area contributed by atoms with Crippen molar-refractivity contribution in [1.82, 2.24) is 5.01 Å². The molecule has 1 aliphatic rings. The van der Waals surface area contributed by atoms with Crippen molar-refractivity contribution < 1.29 is 9.53 Å². The van der Waals surface area contributed by atoms with Gasteiger partial charge in [0.1, 0.15) is 0 Å². The number of esters is 1. The summed E-state index contributed by atoms with van der Waals surface area (Å²) in [5.41, 5.74) is 0. The maximum atomic E-state index is 11.1. The number of nitrogens with zero attached hydrogens (tertiary/aromatic N) is 2. The number of rotatable bonds is 2. The van der Waals surface area contributed by atoms with Crippen LogP contribution in [0.1, 0.15) is 19.8 Å². The lowest BCUT2D eigenvalue weighted by molar-refractivity contribution is -0.147. The van der Waals surface area contributed by atoms with E-state index in [0.717, 1.165) is 12.8 Å². The molecule has 74 valence electrons. The fourth-order valence-electron chi connectivity index (χ4n) is 1.56. The Morgan fingerprint density at radius 2 is 2.23 bits per heavy atom. The highest BCUT2D eigenvalue weighted by Gasteiger charge is 2.30. The molecule has 2 atom stereocenters. The third-order valence-electron chi connectivity index (χ3n) is 2.49. The molecule has 0 bridgehead atoms. The molecule has 0 aromatic carbocycles. The Balaban J connectivity index is 2.54. The lowest BCUT2D eigenvalue weighted by atomic mass is 9.95. The Bertz CT molecular complexity index is 208. The van der Waals surface area contributed by atoms with E-state index in [-0.39, 0.29) is 17.9 Å². The highest BCUT2D eigenvalue weighted by molar-refractivity contribution is 5.72. The molecule has 1 rings (SSSR count). The first kappa shape index (κ1) is 9.95. The number of methoxy groups -OCH3 is 1. The summed E-state index contributed by atoms with van der Waals surface area (Å²) >= 11 is 0. The molecule has 1 saturated heterocycles. The van der Waals surface area contributed by atoms with Gasteiger partial charge in [-0.15, -0.1) is 4.91 Å². The van der Waals surface area contributed by atoms with E-state index in [4.69, 9.17) is 0 Å². The van der Waals surface area contributed by atoms with Gasteiger partial charge in [0.15, 0.2) is 0 Å². The van der Waals surface area contributed by atoms with Gasteiger partial charge >= 0.3 is 5.97 Å². The highest BCUT2D eigenvalue weighted by atomic mass is 16.5. The van der Waals surface area contributed by atoms with Gasteiger partial charge in [0.2, 0.25) is 0 Å². The zero-order chi connectivity index (χ0) is 9.84. The van der Waals surface area contributed by atoms with E-state index in [1.54, 1.807) is 0 Å². The minimum Gasteiger partial charge on any atom is -0.469 e. The summed E-state index contributed by atoms with van der Waals surface area (Å²) in [6, 6.07) is 0.137. The van der Waals surface area contributed by atoms with Gasteiger partial charge in [-0.2, -0.15) is 0 Å². The van der Waals surface area contributed by atoms with Crippen molar-refractivity contribution in [2.75, 3.05) is 13.7 Å². The fourth-order valence-corrected chi connectivity index (χ4v) is 1.56. The van der Waals surface area contributed by atoms with Crippen molar-refractivity contribution in [2.45, 2.75) is 25.8 Å². The Morgan fingerprint density at radius 1 is 1.54 bits per heavy atom. The summed E-state index contributed by atoms with van der Waals surface area (Å²) in [6.45, 7) is 2.31. The van der Waals surface area contributed by atoms with Crippen LogP contribution in [0.15, 0.2) is 5.29 Å². The van der Waals surface area contributed by atoms with Crippen LogP contribution in [0.5, 0.6) is 0 Å². The standard InChI is InChI=1S/C8H14N2O3/c1-6-3-4-7(8(11)13-2)5-10(6)9-12/h6-7H,3-5H2,1-2H3. The molecule has 5 nitrogen and oxygen atoms in total. The predicted octanol–water partition coefficient (Wildman–Crippen LogP) is 0.941. The van der Waals surface area contributed by atoms with E-state index < -0.39 is 0 Å². The predicted molar refractivity (Wildman–Crippen MR) is 46.7 cm³/mol. The molecule has 13 heavy (non-hydrogen) atoms. The van der Waals surface area contributed by atoms with Crippen molar-refractivity contribution in [3.8, 4) is 0 Å². The SMILES string of the molecule is COC(=O)C1CCC(C)N(N=O)C1. The van der Waals surface area contributed by atoms with Crippen LogP contribution in [0, 0.1) is 10.8 Å². The van der Waals surface area contributed by atoms with Crippen LogP contribution in [0.25, 0.3) is 0 Å². The zero-order valence-corrected chi connectivity index (χ0v) is 7.90. The number of hydrogen-bond acceptors (Lipinski definition) is 4. The second-order valence-electron chi connectivity index (χ2n) is 3.35. The van der Waals surface area contributed by atoms with Gasteiger partial charge in [-0.05, 0) is 19.8 Å². The van der Waals surface area contributed by atoms with Crippen LogP contribution in [0.4, 0.5) is 0 Å². The molecular weight excluding hydrogens is 172 g/mol. The van der Waals surface area contributed by atoms with Crippen molar-refractivity contribution in [1.29, 1.82) is 0 Å². The van der Waals surface area contributed by atoms with Crippen LogP contribution >= 0.6 is 0 Å². The van der Waals surface area contributed by atoms with Crippen molar-refractivity contribution >= 4 is 5.97 Å². The number of hydrogen-bond donors (Lipinski definition) is 0. The number of carbonyl (C=O) groups excluding carboxylic acids is 1. The second-order valence-corrected chi connectivity index (χ2v) is 3.35. The van der Waals surface area contributed by atoms with Crippen molar-refractivity contribution in [2.24, 2.45) is 11.2 Å². The van der Waals surface area contributed by atoms with Crippen LogP contribution in [0.3, 0.4) is 0 Å². The van der Waals surface area contributed by atoms with Crippen molar-refractivity contribution in [3.05, 3.63) is 4.91 Å². The zero-order valence-electron chi connectivity index (χ0n) is 7.90. The average Bonchev–Trinajstić information content (AvgIpc) is 2.17. The summed E-state index contributed by atoms with van der Waals surface area (Å²) in [5.74, 6) is -0.445. The van der Waals surface area contributed by atoms with Crippen LogP contribution in [0.2, 0.25) is 0 Å². The van der Waals surface area contributed by atoms with Gasteiger partial charge in [0.05, 0.1) is 24.9 Å². The Morgan fingerprint density at radius 3 is 2.77 bits per heavy atom. The molecule has 1 heterocycles. The van der Waals surface area contributed by atoms with E-state index >= 15 is 0 Å². The molecule has 2 unspecified atom stereocenters. The van der Waals surface area contributed by atoms with E-state index in [9.17, 15) is 9.70 Å². The topological polar surface area (TPSA) is 59.0 Å². The minimum atomic E-state index is -0.249. The summed E-state index contributed by atoms with van der Waals surface area (Å²) in [5, 5.41) is 4.28. The van der Waals surface area contributed by atoms with Gasteiger partial charge in [0.25, 0.3) is 0 Å². The van der Waals surface area contributed by atoms with Gasteiger partial charge in [-0.1, -0.05) is 0 Å².